The van der Waals surface area contributed by atoms with Crippen molar-refractivity contribution in [2.24, 2.45) is 4.99 Å². The summed E-state index contributed by atoms with van der Waals surface area (Å²) in [5.74, 6) is 0.0760. The Bertz CT molecular complexity index is 968. The third-order valence-corrected chi connectivity index (χ3v) is 6.46. The lowest BCUT2D eigenvalue weighted by molar-refractivity contribution is -0.129. The quantitative estimate of drug-likeness (QED) is 0.825. The van der Waals surface area contributed by atoms with Gasteiger partial charge < -0.3 is 15.3 Å². The number of benzene rings is 1. The highest BCUT2D eigenvalue weighted by Gasteiger charge is 2.46. The summed E-state index contributed by atoms with van der Waals surface area (Å²) in [6, 6.07) is 7.36. The molecule has 0 aliphatic carbocycles. The number of likely N-dealkylation sites (tertiary alicyclic amines) is 1. The fourth-order valence-electron chi connectivity index (χ4n) is 3.86. The first-order valence-corrected chi connectivity index (χ1v) is 10.0. The van der Waals surface area contributed by atoms with Gasteiger partial charge in [0.25, 0.3) is 5.91 Å². The van der Waals surface area contributed by atoms with Gasteiger partial charge in [-0.3, -0.25) is 9.59 Å². The Labute approximate surface area is 167 Å². The smallest absolute Gasteiger partial charge is 0.257 e. The number of thiazole rings is 1. The van der Waals surface area contributed by atoms with E-state index in [1.807, 2.05) is 36.7 Å². The predicted molar refractivity (Wildman–Crippen MR) is 107 cm³/mol. The zero-order chi connectivity index (χ0) is 20.1. The maximum absolute atomic E-state index is 12.8. The van der Waals surface area contributed by atoms with E-state index >= 15 is 0 Å². The topological polar surface area (TPSA) is 94.9 Å². The number of hydrogen-bond donors (Lipinski definition) is 2. The predicted octanol–water partition coefficient (Wildman–Crippen LogP) is 1.84. The van der Waals surface area contributed by atoms with Gasteiger partial charge in [-0.05, 0) is 25.0 Å². The van der Waals surface area contributed by atoms with Gasteiger partial charge in [-0.2, -0.15) is 0 Å². The molecule has 1 aromatic heterocycles. The number of aliphatic hydroxyl groups excluding tert-OH is 1. The molecule has 3 heterocycles. The Hall–Kier alpha value is -2.58. The van der Waals surface area contributed by atoms with Crippen LogP contribution in [0.4, 0.5) is 0 Å². The summed E-state index contributed by atoms with van der Waals surface area (Å²) in [4.78, 5) is 36.3. The van der Waals surface area contributed by atoms with Gasteiger partial charge in [0.2, 0.25) is 5.91 Å². The number of carbonyl (C=O) groups is 2. The van der Waals surface area contributed by atoms with Gasteiger partial charge in [-0.15, -0.1) is 11.3 Å². The third kappa shape index (κ3) is 3.02. The van der Waals surface area contributed by atoms with Crippen LogP contribution in [0, 0.1) is 6.92 Å². The molecule has 1 fully saturated rings. The summed E-state index contributed by atoms with van der Waals surface area (Å²) >= 11 is 1.58. The summed E-state index contributed by atoms with van der Waals surface area (Å²) in [5.41, 5.74) is 3.56. The van der Waals surface area contributed by atoms with Crippen LogP contribution in [0.25, 0.3) is 10.4 Å². The first kappa shape index (κ1) is 18.8. The fraction of sp³-hybridized carbons (Fsp3) is 0.400. The van der Waals surface area contributed by atoms with Gasteiger partial charge in [0.15, 0.2) is 5.54 Å². The summed E-state index contributed by atoms with van der Waals surface area (Å²) < 4.78 is 0. The molecule has 1 unspecified atom stereocenters. The van der Waals surface area contributed by atoms with Crippen molar-refractivity contribution in [1.29, 1.82) is 0 Å². The van der Waals surface area contributed by atoms with E-state index in [4.69, 9.17) is 0 Å². The van der Waals surface area contributed by atoms with Crippen molar-refractivity contribution in [3.63, 3.8) is 0 Å². The SMILES string of the molecule is CC(=O)N1C[C@H](O)CC1C1=N[C@@](C)(c2ccc(-c3scnc3C)cc2)C(=O)N1. The Balaban J connectivity index is 1.64. The number of amides is 2. The van der Waals surface area contributed by atoms with Crippen LogP contribution in [0.3, 0.4) is 0 Å². The van der Waals surface area contributed by atoms with E-state index in [1.54, 1.807) is 23.2 Å². The number of aryl methyl sites for hydroxylation is 1. The number of amidine groups is 1. The van der Waals surface area contributed by atoms with Crippen LogP contribution >= 0.6 is 11.3 Å². The number of aromatic nitrogens is 1. The number of hydrogen-bond acceptors (Lipinski definition) is 6. The molecule has 2 aromatic rings. The highest BCUT2D eigenvalue weighted by Crippen LogP contribution is 2.34. The zero-order valence-corrected chi connectivity index (χ0v) is 16.8. The van der Waals surface area contributed by atoms with Crippen molar-refractivity contribution in [3.8, 4) is 10.4 Å². The summed E-state index contributed by atoms with van der Waals surface area (Å²) in [6.07, 6.45) is -0.236. The Morgan fingerprint density at radius 2 is 2.07 bits per heavy atom. The molecule has 4 rings (SSSR count). The number of rotatable bonds is 3. The maximum atomic E-state index is 12.8. The van der Waals surface area contributed by atoms with Gasteiger partial charge in [0.05, 0.1) is 28.2 Å². The Morgan fingerprint density at radius 1 is 1.36 bits per heavy atom. The molecule has 1 saturated heterocycles. The van der Waals surface area contributed by atoms with Crippen molar-refractivity contribution in [2.45, 2.75) is 44.9 Å². The van der Waals surface area contributed by atoms with Crippen LogP contribution in [0.1, 0.15) is 31.5 Å². The van der Waals surface area contributed by atoms with E-state index in [-0.39, 0.29) is 18.4 Å². The summed E-state index contributed by atoms with van der Waals surface area (Å²) in [5, 5.41) is 12.8. The van der Waals surface area contributed by atoms with Crippen LogP contribution in [-0.2, 0) is 15.1 Å². The molecule has 2 amide bonds. The molecule has 0 bridgehead atoms. The average molecular weight is 398 g/mol. The van der Waals surface area contributed by atoms with Crippen molar-refractivity contribution in [1.82, 2.24) is 15.2 Å². The molecular weight excluding hydrogens is 376 g/mol. The lowest BCUT2D eigenvalue weighted by atomic mass is 9.91. The van der Waals surface area contributed by atoms with Gasteiger partial charge in [-0.1, -0.05) is 24.3 Å². The Morgan fingerprint density at radius 3 is 2.68 bits per heavy atom. The molecule has 0 radical (unpaired) electrons. The minimum atomic E-state index is -1.06. The fourth-order valence-corrected chi connectivity index (χ4v) is 4.67. The van der Waals surface area contributed by atoms with Crippen molar-refractivity contribution < 1.29 is 14.7 Å². The van der Waals surface area contributed by atoms with Gasteiger partial charge in [0, 0.05) is 19.9 Å². The van der Waals surface area contributed by atoms with Gasteiger partial charge in [-0.25, -0.2) is 9.98 Å². The molecule has 146 valence electrons. The van der Waals surface area contributed by atoms with E-state index in [1.165, 1.54) is 6.92 Å². The lowest BCUT2D eigenvalue weighted by Gasteiger charge is -2.22. The number of nitrogens with zero attached hydrogens (tertiary/aromatic N) is 3. The summed E-state index contributed by atoms with van der Waals surface area (Å²) in [6.45, 7) is 5.46. The van der Waals surface area contributed by atoms with Crippen LogP contribution < -0.4 is 5.32 Å². The molecule has 3 atom stereocenters. The van der Waals surface area contributed by atoms with Gasteiger partial charge >= 0.3 is 0 Å². The second-order valence-corrected chi connectivity index (χ2v) is 8.30. The third-order valence-electron chi connectivity index (χ3n) is 5.48. The summed E-state index contributed by atoms with van der Waals surface area (Å²) in [7, 11) is 0. The second kappa shape index (κ2) is 6.79. The van der Waals surface area contributed by atoms with E-state index in [0.29, 0.717) is 12.3 Å². The molecule has 8 heteroatoms. The highest BCUT2D eigenvalue weighted by molar-refractivity contribution is 7.13. The molecule has 2 aliphatic rings. The van der Waals surface area contributed by atoms with E-state index < -0.39 is 17.7 Å². The van der Waals surface area contributed by atoms with Crippen LogP contribution in [0.15, 0.2) is 34.8 Å². The molecule has 2 N–H and O–H groups in total. The largest absolute Gasteiger partial charge is 0.391 e. The molecule has 1 aromatic carbocycles. The van der Waals surface area contributed by atoms with E-state index in [0.717, 1.165) is 21.7 Å². The Kier molecular flexibility index (Phi) is 4.55. The first-order chi connectivity index (χ1) is 13.3. The van der Waals surface area contributed by atoms with Crippen molar-refractivity contribution in [3.05, 3.63) is 41.0 Å². The number of carbonyl (C=O) groups excluding carboxylic acids is 2. The van der Waals surface area contributed by atoms with Crippen LogP contribution in [-0.4, -0.2) is 51.3 Å². The molecular formula is C20H22N4O3S. The number of β-amino-alcohol motifs (C(OH)–C–C–N with tert-alkyl or cyclic N) is 1. The lowest BCUT2D eigenvalue weighted by Crippen LogP contribution is -2.45. The second-order valence-electron chi connectivity index (χ2n) is 7.44. The molecule has 0 spiro atoms. The number of aliphatic hydroxyl groups is 1. The van der Waals surface area contributed by atoms with Crippen LogP contribution in [0.5, 0.6) is 0 Å². The monoisotopic (exact) mass is 398 g/mol. The molecule has 7 nitrogen and oxygen atoms in total. The molecule has 0 saturated carbocycles. The van der Waals surface area contributed by atoms with Crippen molar-refractivity contribution in [2.75, 3.05) is 6.54 Å². The van der Waals surface area contributed by atoms with Crippen molar-refractivity contribution >= 4 is 29.0 Å². The zero-order valence-electron chi connectivity index (χ0n) is 16.0. The van der Waals surface area contributed by atoms with E-state index in [9.17, 15) is 14.7 Å². The van der Waals surface area contributed by atoms with Gasteiger partial charge in [0.1, 0.15) is 5.84 Å². The van der Waals surface area contributed by atoms with Crippen LogP contribution in [0.2, 0.25) is 0 Å². The maximum Gasteiger partial charge on any atom is 0.257 e. The molecule has 2 aliphatic heterocycles. The minimum Gasteiger partial charge on any atom is -0.391 e. The normalized spacial score (nSPS) is 27.1. The minimum absolute atomic E-state index is 0.142. The standard InChI is InChI=1S/C20H22N4O3S/c1-11-17(28-10-21-11)13-4-6-14(7-5-13)20(3)19(27)22-18(23-20)16-8-15(26)9-24(16)12(2)25/h4-7,10,15-16,26H,8-9H2,1-3H3,(H,22,23,27)/t15-,16?,20+/m1/s1. The first-order valence-electron chi connectivity index (χ1n) is 9.17. The highest BCUT2D eigenvalue weighted by atomic mass is 32.1. The number of nitrogens with one attached hydrogen (secondary N) is 1. The van der Waals surface area contributed by atoms with E-state index in [2.05, 4.69) is 15.3 Å². The average Bonchev–Trinajstić information content (AvgIpc) is 3.34. The molecule has 28 heavy (non-hydrogen) atoms. The number of aliphatic imine (C=N–C) groups is 1.